The Balaban J connectivity index is 0.00000288. The molecular weight excluding hydrogens is 662 g/mol. The number of carbonyl (C=O) groups is 1. The summed E-state index contributed by atoms with van der Waals surface area (Å²) in [6, 6.07) is 11.4. The van der Waals surface area contributed by atoms with Gasteiger partial charge in [-0.2, -0.15) is 0 Å². The van der Waals surface area contributed by atoms with Crippen molar-refractivity contribution in [2.45, 2.75) is 7.47 Å². The van der Waals surface area contributed by atoms with E-state index in [0.717, 1.165) is 9.13 Å². The van der Waals surface area contributed by atoms with Crippen molar-refractivity contribution in [2.24, 2.45) is 5.73 Å². The molecule has 2 aromatic carbocycles. The van der Waals surface area contributed by atoms with Crippen molar-refractivity contribution in [2.75, 3.05) is 0 Å². The molecule has 0 aliphatic rings. The number of halogens is 3. The third kappa shape index (κ3) is 5.58. The van der Waals surface area contributed by atoms with Crippen LogP contribution in [0.15, 0.2) is 42.5 Å². The van der Waals surface area contributed by atoms with Crippen LogP contribution in [0, 0.1) is 3.57 Å². The summed E-state index contributed by atoms with van der Waals surface area (Å²) in [5.74, 6) is 0.0231. The number of benzene rings is 2. The molecule has 0 unspecified atom stereocenters. The van der Waals surface area contributed by atoms with Gasteiger partial charge in [0.05, 0.1) is 3.92 Å². The van der Waals surface area contributed by atoms with E-state index in [-0.39, 0.29) is 35.3 Å². The van der Waals surface area contributed by atoms with E-state index < -0.39 is 13.4 Å². The van der Waals surface area contributed by atoms with Crippen LogP contribution in [0.4, 0.5) is 0 Å². The molecule has 122 valence electrons. The molecule has 3 N–H and O–H groups in total. The van der Waals surface area contributed by atoms with Crippen LogP contribution in [0.5, 0.6) is 17.2 Å². The summed E-state index contributed by atoms with van der Waals surface area (Å²) in [7, 11) is 0. The van der Waals surface area contributed by atoms with Crippen molar-refractivity contribution >= 4 is 73.7 Å². The summed E-state index contributed by atoms with van der Waals surface area (Å²) in [4.78, 5) is 11.3. The first-order valence-corrected chi connectivity index (χ1v) is 9.71. The van der Waals surface area contributed by atoms with E-state index >= 15 is 0 Å². The summed E-state index contributed by atoms with van der Waals surface area (Å²) >= 11 is 5.91. The van der Waals surface area contributed by atoms with Crippen LogP contribution in [-0.4, -0.2) is 14.6 Å². The zero-order valence-corrected chi connectivity index (χ0v) is 21.0. The van der Waals surface area contributed by atoms with Crippen LogP contribution in [0.25, 0.3) is 0 Å². The van der Waals surface area contributed by atoms with Gasteiger partial charge in [-0.05, 0) is 75.0 Å². The van der Waals surface area contributed by atoms with Gasteiger partial charge in [-0.15, -0.1) is 5.75 Å². The molecule has 0 fully saturated rings. The van der Waals surface area contributed by atoms with Crippen molar-refractivity contribution in [3.63, 3.8) is 0 Å². The predicted octanol–water partition coefficient (Wildman–Crippen LogP) is 0.812. The number of aliphatic carboxylic acids is 1. The molecule has 0 radical (unpaired) electrons. The number of carboxylic acid groups (broad SMARTS) is 1. The fraction of sp³-hybridized carbons (Fsp3) is 0.133. The normalized spacial score (nSPS) is 14.2. The molecule has 0 amide bonds. The second kappa shape index (κ2) is 9.55. The third-order valence-electron chi connectivity index (χ3n) is 3.00. The van der Waals surface area contributed by atoms with Gasteiger partial charge in [0.2, 0.25) is 0 Å². The van der Waals surface area contributed by atoms with Gasteiger partial charge < -0.3 is 20.7 Å². The maximum atomic E-state index is 11.3. The van der Waals surface area contributed by atoms with E-state index in [0.29, 0.717) is 11.5 Å². The molecule has 0 aliphatic carbocycles. The van der Waals surface area contributed by atoms with E-state index in [1.54, 1.807) is 52.9 Å². The molecule has 0 saturated carbocycles. The average molecular weight is 673 g/mol. The predicted molar refractivity (Wildman–Crippen MR) is 110 cm³/mol. The summed E-state index contributed by atoms with van der Waals surface area (Å²) < 4.78 is 4.74. The number of nitrogens with two attached hydrogens (primary N) is 1. The first-order chi connectivity index (χ1) is 10.7. The fourth-order valence-electron chi connectivity index (χ4n) is 1.76. The minimum Gasteiger partial charge on any atom is -0.872 e. The molecule has 0 bridgehead atoms. The third-order valence-corrected chi connectivity index (χ3v) is 7.86. The Hall–Kier alpha value is 0.660. The summed E-state index contributed by atoms with van der Waals surface area (Å²) in [5, 5.41) is 20.3. The number of hydrogen-bond acceptors (Lipinski definition) is 4. The van der Waals surface area contributed by atoms with Gasteiger partial charge in [0.15, 0.2) is 3.55 Å². The number of rotatable bonds is 5. The van der Waals surface area contributed by atoms with E-state index in [1.165, 1.54) is 12.1 Å². The first-order valence-electron chi connectivity index (χ1n) is 6.31. The molecular formula is C15H11I3NNaO4. The van der Waals surface area contributed by atoms with Crippen LogP contribution in [0.1, 0.15) is 9.49 Å². The first kappa shape index (κ1) is 22.7. The standard InChI is InChI=1S/C15H12I3NO4.Na/c16-12-7-10(23-9-3-1-8(20)2-4-9)5-6-11(12)13(17)15(18,19)14(21)22;/h1-7,13,20H,19H2,(H,21,22);/q;+1/p-1/t13-,15-;/m0./s1. The molecule has 9 heteroatoms. The Labute approximate surface area is 202 Å². The van der Waals surface area contributed by atoms with Gasteiger partial charge in [-0.1, -0.05) is 40.8 Å². The Morgan fingerprint density at radius 2 is 1.75 bits per heavy atom. The monoisotopic (exact) mass is 673 g/mol. The maximum Gasteiger partial charge on any atom is 1.00 e. The average Bonchev–Trinajstić information content (AvgIpc) is 2.49. The fourth-order valence-corrected chi connectivity index (χ4v) is 4.29. The molecule has 0 aliphatic heterocycles. The zero-order valence-electron chi connectivity index (χ0n) is 12.5. The Morgan fingerprint density at radius 1 is 1.21 bits per heavy atom. The van der Waals surface area contributed by atoms with E-state index in [4.69, 9.17) is 10.5 Å². The summed E-state index contributed by atoms with van der Waals surface area (Å²) in [5.41, 5.74) is 6.72. The Morgan fingerprint density at radius 3 is 2.25 bits per heavy atom. The number of alkyl halides is 2. The molecule has 2 atom stereocenters. The molecule has 2 rings (SSSR count). The van der Waals surface area contributed by atoms with Crippen molar-refractivity contribution in [1.82, 2.24) is 0 Å². The van der Waals surface area contributed by atoms with Gasteiger partial charge >= 0.3 is 35.5 Å². The van der Waals surface area contributed by atoms with Gasteiger partial charge in [0.1, 0.15) is 11.5 Å². The number of ether oxygens (including phenoxy) is 1. The minimum atomic E-state index is -1.40. The molecule has 0 saturated heterocycles. The van der Waals surface area contributed by atoms with E-state index in [9.17, 15) is 15.0 Å². The van der Waals surface area contributed by atoms with Crippen molar-refractivity contribution in [3.05, 3.63) is 51.6 Å². The summed E-state index contributed by atoms with van der Waals surface area (Å²) in [6.07, 6.45) is 0. The topological polar surface area (TPSA) is 95.6 Å². The van der Waals surface area contributed by atoms with Gasteiger partial charge in [0.25, 0.3) is 0 Å². The van der Waals surface area contributed by atoms with Crippen molar-refractivity contribution in [1.29, 1.82) is 0 Å². The van der Waals surface area contributed by atoms with E-state index in [1.807, 2.05) is 22.6 Å². The van der Waals surface area contributed by atoms with Gasteiger partial charge in [0, 0.05) is 3.57 Å². The smallest absolute Gasteiger partial charge is 0.872 e. The van der Waals surface area contributed by atoms with E-state index in [2.05, 4.69) is 22.6 Å². The molecule has 2 aromatic rings. The molecule has 0 aromatic heterocycles. The van der Waals surface area contributed by atoms with Gasteiger partial charge in [-0.3, -0.25) is 0 Å². The van der Waals surface area contributed by atoms with Crippen molar-refractivity contribution in [3.8, 4) is 17.2 Å². The summed E-state index contributed by atoms with van der Waals surface area (Å²) in [6.45, 7) is 0. The molecule has 5 nitrogen and oxygen atoms in total. The van der Waals surface area contributed by atoms with Crippen LogP contribution in [-0.2, 0) is 4.79 Å². The second-order valence-electron chi connectivity index (χ2n) is 4.69. The quantitative estimate of drug-likeness (QED) is 0.212. The van der Waals surface area contributed by atoms with Crippen LogP contribution in [0.2, 0.25) is 0 Å². The maximum absolute atomic E-state index is 11.3. The Kier molecular flexibility index (Phi) is 9.04. The largest absolute Gasteiger partial charge is 1.00 e. The molecule has 0 heterocycles. The number of hydrogen-bond donors (Lipinski definition) is 2. The van der Waals surface area contributed by atoms with Crippen LogP contribution >= 0.6 is 67.8 Å². The van der Waals surface area contributed by atoms with Crippen LogP contribution < -0.4 is 45.1 Å². The number of carboxylic acids is 1. The second-order valence-corrected chi connectivity index (χ2v) is 8.89. The molecule has 0 spiro atoms. The Bertz CT molecular complexity index is 725. The zero-order chi connectivity index (χ0) is 17.2. The van der Waals surface area contributed by atoms with Crippen LogP contribution in [0.3, 0.4) is 0 Å². The van der Waals surface area contributed by atoms with Gasteiger partial charge in [-0.25, -0.2) is 4.79 Å². The SMILES string of the molecule is N[C@](I)(C(=O)O)[C@@H](I)c1ccc(Oc2ccc([O-])cc2)cc1I.[Na+]. The minimum absolute atomic E-state index is 0. The molecule has 24 heavy (non-hydrogen) atoms. The van der Waals surface area contributed by atoms with Crippen molar-refractivity contribution < 1.29 is 49.3 Å².